The molecule has 3 N–H and O–H groups in total. The zero-order valence-electron chi connectivity index (χ0n) is 20.0. The van der Waals surface area contributed by atoms with Crippen molar-refractivity contribution >= 4 is 29.6 Å². The molecule has 0 spiro atoms. The summed E-state index contributed by atoms with van der Waals surface area (Å²) in [4.78, 5) is 40.7. The first-order valence-corrected chi connectivity index (χ1v) is 12.9. The van der Waals surface area contributed by atoms with Gasteiger partial charge in [0, 0.05) is 56.5 Å². The van der Waals surface area contributed by atoms with Gasteiger partial charge in [0.05, 0.1) is 11.4 Å². The lowest BCUT2D eigenvalue weighted by Gasteiger charge is -2.36. The number of amides is 1. The van der Waals surface area contributed by atoms with Crippen molar-refractivity contribution in [1.82, 2.24) is 20.1 Å². The van der Waals surface area contributed by atoms with Crippen LogP contribution in [0.5, 0.6) is 0 Å². The lowest BCUT2D eigenvalue weighted by Crippen LogP contribution is -2.53. The highest BCUT2D eigenvalue weighted by Gasteiger charge is 2.34. The quantitative estimate of drug-likeness (QED) is 0.457. The molecule has 10 heteroatoms. The molecule has 2 atom stereocenters. The number of rotatable bonds is 8. The van der Waals surface area contributed by atoms with Crippen LogP contribution >= 0.6 is 11.8 Å². The van der Waals surface area contributed by atoms with Gasteiger partial charge in [0.15, 0.2) is 0 Å². The van der Waals surface area contributed by atoms with Gasteiger partial charge in [-0.3, -0.25) is 20.0 Å². The number of thioether (sulfide) groups is 1. The second kappa shape index (κ2) is 14.4. The summed E-state index contributed by atoms with van der Waals surface area (Å²) in [6.07, 6.45) is 7.08. The number of nitrogens with zero attached hydrogens (tertiary/aromatic N) is 3. The minimum atomic E-state index is -1.26. The predicted molar refractivity (Wildman–Crippen MR) is 139 cm³/mol. The Bertz CT molecular complexity index is 998. The van der Waals surface area contributed by atoms with E-state index in [2.05, 4.69) is 51.6 Å². The molecule has 1 aromatic carbocycles. The van der Waals surface area contributed by atoms with Crippen molar-refractivity contribution in [2.75, 3.05) is 38.5 Å². The highest BCUT2D eigenvalue weighted by atomic mass is 32.2. The van der Waals surface area contributed by atoms with Crippen LogP contribution in [0.3, 0.4) is 0 Å². The number of piperazine rings is 1. The number of carboxylic acid groups (broad SMARTS) is 2. The Morgan fingerprint density at radius 2 is 1.69 bits per heavy atom. The molecule has 1 amide bonds. The molecular weight excluding hydrogens is 480 g/mol. The lowest BCUT2D eigenvalue weighted by molar-refractivity contribution is -0.134. The first-order chi connectivity index (χ1) is 17.4. The van der Waals surface area contributed by atoms with Crippen molar-refractivity contribution < 1.29 is 24.6 Å². The Hall–Kier alpha value is -3.21. The van der Waals surface area contributed by atoms with E-state index >= 15 is 0 Å². The Morgan fingerprint density at radius 1 is 1.00 bits per heavy atom. The largest absolute Gasteiger partial charge is 0.478 e. The number of aromatic nitrogens is 1. The second-order valence-electron chi connectivity index (χ2n) is 8.48. The predicted octanol–water partition coefficient (Wildman–Crippen LogP) is 2.27. The highest BCUT2D eigenvalue weighted by Crippen LogP contribution is 2.32. The minimum absolute atomic E-state index is 0.0835. The molecule has 36 heavy (non-hydrogen) atoms. The van der Waals surface area contributed by atoms with E-state index in [1.54, 1.807) is 18.0 Å². The van der Waals surface area contributed by atoms with Crippen LogP contribution in [0.4, 0.5) is 0 Å². The molecule has 4 rings (SSSR count). The van der Waals surface area contributed by atoms with E-state index in [1.807, 2.05) is 17.2 Å². The molecule has 0 aliphatic carbocycles. The van der Waals surface area contributed by atoms with Gasteiger partial charge in [-0.25, -0.2) is 9.59 Å². The number of hydrogen-bond donors (Lipinski definition) is 3. The van der Waals surface area contributed by atoms with Gasteiger partial charge in [0.2, 0.25) is 5.91 Å². The summed E-state index contributed by atoms with van der Waals surface area (Å²) in [5.74, 6) is -1.43. The molecule has 0 bridgehead atoms. The summed E-state index contributed by atoms with van der Waals surface area (Å²) >= 11 is 1.80. The van der Waals surface area contributed by atoms with Crippen LogP contribution in [-0.2, 0) is 20.8 Å². The van der Waals surface area contributed by atoms with E-state index < -0.39 is 11.9 Å². The minimum Gasteiger partial charge on any atom is -0.478 e. The second-order valence-corrected chi connectivity index (χ2v) is 9.62. The van der Waals surface area contributed by atoms with Crippen molar-refractivity contribution in [3.05, 3.63) is 78.1 Å². The van der Waals surface area contributed by atoms with Gasteiger partial charge in [0.1, 0.15) is 0 Å². The maximum atomic E-state index is 12.9. The van der Waals surface area contributed by atoms with Gasteiger partial charge in [-0.15, -0.1) is 11.8 Å². The molecule has 2 aromatic rings. The third-order valence-electron chi connectivity index (χ3n) is 5.90. The monoisotopic (exact) mass is 512 g/mol. The number of pyridine rings is 1. The van der Waals surface area contributed by atoms with Gasteiger partial charge in [-0.1, -0.05) is 36.4 Å². The summed E-state index contributed by atoms with van der Waals surface area (Å²) < 4.78 is 0. The topological polar surface area (TPSA) is 123 Å². The summed E-state index contributed by atoms with van der Waals surface area (Å²) in [5, 5.41) is 19.3. The first-order valence-electron chi connectivity index (χ1n) is 11.9. The molecule has 2 aliphatic heterocycles. The maximum Gasteiger partial charge on any atom is 0.328 e. The first kappa shape index (κ1) is 27.4. The van der Waals surface area contributed by atoms with Crippen LogP contribution < -0.4 is 5.32 Å². The Balaban J connectivity index is 0.000000392. The number of aryl methyl sites for hydroxylation is 1. The van der Waals surface area contributed by atoms with Gasteiger partial charge in [0.25, 0.3) is 0 Å². The zero-order valence-corrected chi connectivity index (χ0v) is 20.8. The lowest BCUT2D eigenvalue weighted by atomic mass is 10.1. The molecular formula is C26H32N4O5S. The average molecular weight is 513 g/mol. The Morgan fingerprint density at radius 3 is 2.31 bits per heavy atom. The fraction of sp³-hybridized carbons (Fsp3) is 0.385. The third-order valence-corrected chi connectivity index (χ3v) is 7.17. The number of nitrogens with one attached hydrogen (secondary N) is 1. The molecule has 2 fully saturated rings. The van der Waals surface area contributed by atoms with Gasteiger partial charge in [-0.2, -0.15) is 0 Å². The Kier molecular flexibility index (Phi) is 10.9. The maximum absolute atomic E-state index is 12.9. The van der Waals surface area contributed by atoms with Crippen molar-refractivity contribution in [3.63, 3.8) is 0 Å². The molecule has 2 unspecified atom stereocenters. The van der Waals surface area contributed by atoms with Gasteiger partial charge in [-0.05, 0) is 36.6 Å². The normalized spacial score (nSPS) is 20.1. The fourth-order valence-corrected chi connectivity index (χ4v) is 5.26. The molecule has 2 aliphatic rings. The summed E-state index contributed by atoms with van der Waals surface area (Å²) in [6.45, 7) is 4.74. The van der Waals surface area contributed by atoms with Crippen LogP contribution in [0.1, 0.15) is 22.9 Å². The highest BCUT2D eigenvalue weighted by molar-refractivity contribution is 7.99. The van der Waals surface area contributed by atoms with E-state index in [4.69, 9.17) is 10.2 Å². The van der Waals surface area contributed by atoms with Crippen LogP contribution in [-0.4, -0.2) is 87.4 Å². The molecule has 2 saturated heterocycles. The van der Waals surface area contributed by atoms with E-state index in [1.165, 1.54) is 12.0 Å². The summed E-state index contributed by atoms with van der Waals surface area (Å²) in [7, 11) is 0. The van der Waals surface area contributed by atoms with Crippen LogP contribution in [0.2, 0.25) is 0 Å². The Labute approximate surface area is 215 Å². The summed E-state index contributed by atoms with van der Waals surface area (Å²) in [6, 6.07) is 14.6. The third kappa shape index (κ3) is 9.10. The standard InChI is InChI=1S/C22H28N4OS.C4H4O4/c27-22(20-17-28-21(24-20)19-9-4-10-23-16-19)26-14-12-25(13-15-26)11-5-8-18-6-2-1-3-7-18;5-3(6)1-2-4(7)8/h1-4,6-7,9-10,16,20-21,24H,5,8,11-15,17H2;1-2H,(H,5,6)(H,7,8)/b;2-1+. The van der Waals surface area contributed by atoms with Crippen LogP contribution in [0.15, 0.2) is 67.0 Å². The fourth-order valence-electron chi connectivity index (χ4n) is 4.04. The van der Waals surface area contributed by atoms with Crippen molar-refractivity contribution in [1.29, 1.82) is 0 Å². The average Bonchev–Trinajstić information content (AvgIpc) is 3.40. The van der Waals surface area contributed by atoms with Gasteiger partial charge >= 0.3 is 11.9 Å². The van der Waals surface area contributed by atoms with E-state index in [9.17, 15) is 14.4 Å². The molecule has 3 heterocycles. The van der Waals surface area contributed by atoms with Crippen molar-refractivity contribution in [2.45, 2.75) is 24.3 Å². The van der Waals surface area contributed by atoms with Crippen LogP contribution in [0, 0.1) is 0 Å². The molecule has 0 radical (unpaired) electrons. The molecule has 192 valence electrons. The zero-order chi connectivity index (χ0) is 25.8. The smallest absolute Gasteiger partial charge is 0.328 e. The summed E-state index contributed by atoms with van der Waals surface area (Å²) in [5.41, 5.74) is 2.55. The van der Waals surface area contributed by atoms with E-state index in [-0.39, 0.29) is 17.3 Å². The van der Waals surface area contributed by atoms with E-state index in [0.29, 0.717) is 12.2 Å². The van der Waals surface area contributed by atoms with Crippen molar-refractivity contribution in [3.8, 4) is 0 Å². The number of carbonyl (C=O) groups is 3. The van der Waals surface area contributed by atoms with Crippen molar-refractivity contribution in [2.24, 2.45) is 0 Å². The number of hydrogen-bond acceptors (Lipinski definition) is 7. The van der Waals surface area contributed by atoms with E-state index in [0.717, 1.165) is 50.5 Å². The number of carbonyl (C=O) groups excluding carboxylic acids is 1. The number of carboxylic acids is 2. The SMILES string of the molecule is O=C(C1CSC(c2cccnc2)N1)N1CCN(CCCc2ccccc2)CC1.O=C(O)/C=C/C(=O)O. The molecule has 9 nitrogen and oxygen atoms in total. The molecule has 1 aromatic heterocycles. The number of aliphatic carboxylic acids is 2. The molecule has 0 saturated carbocycles. The van der Waals surface area contributed by atoms with Gasteiger partial charge < -0.3 is 15.1 Å². The number of benzene rings is 1. The van der Waals surface area contributed by atoms with Crippen LogP contribution in [0.25, 0.3) is 0 Å².